The summed E-state index contributed by atoms with van der Waals surface area (Å²) in [5, 5.41) is 0. The molecule has 1 saturated carbocycles. The fourth-order valence-electron chi connectivity index (χ4n) is 3.52. The maximum absolute atomic E-state index is 13.0. The average molecular weight is 355 g/mol. The highest BCUT2D eigenvalue weighted by atomic mass is 19.1. The summed E-state index contributed by atoms with van der Waals surface area (Å²) in [4.78, 5) is 14.4. The molecule has 0 bridgehead atoms. The highest BCUT2D eigenvalue weighted by Crippen LogP contribution is 2.26. The molecule has 0 spiro atoms. The number of rotatable bonds is 7. The van der Waals surface area contributed by atoms with Gasteiger partial charge in [-0.05, 0) is 48.2 Å². The number of nitrogens with zero attached hydrogens (tertiary/aromatic N) is 1. The van der Waals surface area contributed by atoms with Crippen molar-refractivity contribution in [3.05, 3.63) is 65.5 Å². The molecule has 0 radical (unpaired) electrons. The minimum absolute atomic E-state index is 0.217. The maximum Gasteiger partial charge on any atom is 0.222 e. The quantitative estimate of drug-likeness (QED) is 0.693. The first-order valence-electron chi connectivity index (χ1n) is 9.41. The monoisotopic (exact) mass is 355 g/mol. The second kappa shape index (κ2) is 8.84. The lowest BCUT2D eigenvalue weighted by Crippen LogP contribution is -2.37. The molecule has 2 aromatic rings. The van der Waals surface area contributed by atoms with Gasteiger partial charge in [-0.3, -0.25) is 4.79 Å². The van der Waals surface area contributed by atoms with Crippen molar-refractivity contribution in [1.29, 1.82) is 0 Å². The van der Waals surface area contributed by atoms with Crippen molar-refractivity contribution >= 4 is 5.91 Å². The van der Waals surface area contributed by atoms with Crippen LogP contribution in [0.25, 0.3) is 0 Å². The molecule has 2 aromatic carbocycles. The fourth-order valence-corrected chi connectivity index (χ4v) is 3.52. The van der Waals surface area contributed by atoms with E-state index in [1.165, 1.54) is 25.0 Å². The number of amides is 1. The molecule has 0 aromatic heterocycles. The molecule has 1 aliphatic carbocycles. The van der Waals surface area contributed by atoms with Crippen LogP contribution >= 0.6 is 0 Å². The zero-order valence-electron chi connectivity index (χ0n) is 15.3. The van der Waals surface area contributed by atoms with Crippen molar-refractivity contribution in [2.75, 3.05) is 0 Å². The lowest BCUT2D eigenvalue weighted by molar-refractivity contribution is -0.133. The van der Waals surface area contributed by atoms with E-state index in [1.807, 2.05) is 36.1 Å². The molecule has 138 valence electrons. The second-order valence-corrected chi connectivity index (χ2v) is 6.88. The molecule has 0 saturated heterocycles. The van der Waals surface area contributed by atoms with Gasteiger partial charge in [0.25, 0.3) is 0 Å². The van der Waals surface area contributed by atoms with Crippen LogP contribution in [0.1, 0.15) is 50.2 Å². The Hall–Kier alpha value is -2.36. The minimum atomic E-state index is -0.247. The van der Waals surface area contributed by atoms with Gasteiger partial charge in [-0.2, -0.15) is 0 Å². The number of ether oxygens (including phenoxy) is 1. The predicted molar refractivity (Wildman–Crippen MR) is 100 cm³/mol. The van der Waals surface area contributed by atoms with Crippen molar-refractivity contribution in [2.45, 2.75) is 58.2 Å². The zero-order valence-corrected chi connectivity index (χ0v) is 15.3. The molecule has 0 atom stereocenters. The lowest BCUT2D eigenvalue weighted by Gasteiger charge is -2.29. The van der Waals surface area contributed by atoms with Crippen molar-refractivity contribution in [1.82, 2.24) is 4.90 Å². The Kier molecular flexibility index (Phi) is 6.26. The van der Waals surface area contributed by atoms with E-state index in [0.717, 1.165) is 29.7 Å². The van der Waals surface area contributed by atoms with Gasteiger partial charge in [0.05, 0.1) is 0 Å². The van der Waals surface area contributed by atoms with Crippen molar-refractivity contribution in [3.63, 3.8) is 0 Å². The van der Waals surface area contributed by atoms with E-state index in [-0.39, 0.29) is 11.7 Å². The first-order valence-corrected chi connectivity index (χ1v) is 9.41. The number of hydrogen-bond donors (Lipinski definition) is 0. The van der Waals surface area contributed by atoms with Gasteiger partial charge in [0.1, 0.15) is 18.2 Å². The van der Waals surface area contributed by atoms with E-state index in [4.69, 9.17) is 4.74 Å². The number of carbonyl (C=O) groups excluding carboxylic acids is 1. The third-order valence-corrected chi connectivity index (χ3v) is 4.96. The minimum Gasteiger partial charge on any atom is -0.489 e. The van der Waals surface area contributed by atoms with Crippen molar-refractivity contribution < 1.29 is 13.9 Å². The molecule has 1 aliphatic rings. The largest absolute Gasteiger partial charge is 0.489 e. The SMILES string of the molecule is CCC(=O)N(Cc1cccc(OCc2ccc(F)cc2)c1)C1CCCC1. The van der Waals surface area contributed by atoms with Crippen LogP contribution in [-0.4, -0.2) is 16.8 Å². The molecule has 0 N–H and O–H groups in total. The van der Waals surface area contributed by atoms with E-state index >= 15 is 0 Å². The van der Waals surface area contributed by atoms with Gasteiger partial charge < -0.3 is 9.64 Å². The molecular weight excluding hydrogens is 329 g/mol. The van der Waals surface area contributed by atoms with Gasteiger partial charge in [-0.15, -0.1) is 0 Å². The summed E-state index contributed by atoms with van der Waals surface area (Å²) < 4.78 is 18.8. The average Bonchev–Trinajstić information content (AvgIpc) is 3.20. The molecule has 0 heterocycles. The standard InChI is InChI=1S/C22H26FNO2/c1-2-22(25)24(20-7-3-4-8-20)15-18-6-5-9-21(14-18)26-16-17-10-12-19(23)13-11-17/h5-6,9-14,20H,2-4,7-8,15-16H2,1H3. The number of benzene rings is 2. The number of carbonyl (C=O) groups is 1. The maximum atomic E-state index is 13.0. The highest BCUT2D eigenvalue weighted by Gasteiger charge is 2.25. The summed E-state index contributed by atoms with van der Waals surface area (Å²) in [5.41, 5.74) is 2.00. The Morgan fingerprint density at radius 3 is 2.54 bits per heavy atom. The molecule has 0 aliphatic heterocycles. The second-order valence-electron chi connectivity index (χ2n) is 6.88. The van der Waals surface area contributed by atoms with Gasteiger partial charge in [0.15, 0.2) is 0 Å². The van der Waals surface area contributed by atoms with Crippen LogP contribution in [0.2, 0.25) is 0 Å². The normalized spacial score (nSPS) is 14.4. The Morgan fingerprint density at radius 1 is 1.12 bits per heavy atom. The topological polar surface area (TPSA) is 29.5 Å². The predicted octanol–water partition coefficient (Wildman–Crippen LogP) is 5.09. The van der Waals surface area contributed by atoms with Crippen molar-refractivity contribution in [2.24, 2.45) is 0 Å². The van der Waals surface area contributed by atoms with E-state index in [2.05, 4.69) is 0 Å². The van der Waals surface area contributed by atoms with Crippen LogP contribution in [0.15, 0.2) is 48.5 Å². The Labute approximate surface area is 154 Å². The van der Waals surface area contributed by atoms with Crippen LogP contribution < -0.4 is 4.74 Å². The lowest BCUT2D eigenvalue weighted by atomic mass is 10.1. The van der Waals surface area contributed by atoms with Crippen LogP contribution in [0, 0.1) is 5.82 Å². The van der Waals surface area contributed by atoms with E-state index in [1.54, 1.807) is 12.1 Å². The van der Waals surface area contributed by atoms with Gasteiger partial charge in [-0.1, -0.05) is 44.0 Å². The third kappa shape index (κ3) is 4.84. The summed E-state index contributed by atoms with van der Waals surface area (Å²) in [6.45, 7) is 2.95. The fraction of sp³-hybridized carbons (Fsp3) is 0.409. The Bertz CT molecular complexity index is 723. The summed E-state index contributed by atoms with van der Waals surface area (Å²) in [6, 6.07) is 14.6. The van der Waals surface area contributed by atoms with Crippen LogP contribution in [0.5, 0.6) is 5.75 Å². The number of hydrogen-bond acceptors (Lipinski definition) is 2. The molecular formula is C22H26FNO2. The molecule has 3 nitrogen and oxygen atoms in total. The zero-order chi connectivity index (χ0) is 18.4. The van der Waals surface area contributed by atoms with E-state index < -0.39 is 0 Å². The van der Waals surface area contributed by atoms with Gasteiger partial charge >= 0.3 is 0 Å². The molecule has 3 rings (SSSR count). The third-order valence-electron chi connectivity index (χ3n) is 4.96. The van der Waals surface area contributed by atoms with Crippen molar-refractivity contribution in [3.8, 4) is 5.75 Å². The van der Waals surface area contributed by atoms with E-state index in [0.29, 0.717) is 25.6 Å². The molecule has 1 fully saturated rings. The van der Waals surface area contributed by atoms with Gasteiger partial charge in [0, 0.05) is 19.0 Å². The summed E-state index contributed by atoms with van der Waals surface area (Å²) in [6.07, 6.45) is 5.16. The van der Waals surface area contributed by atoms with Crippen LogP contribution in [0.4, 0.5) is 4.39 Å². The molecule has 26 heavy (non-hydrogen) atoms. The first kappa shape index (κ1) is 18.4. The smallest absolute Gasteiger partial charge is 0.222 e. The van der Waals surface area contributed by atoms with Crippen LogP contribution in [-0.2, 0) is 17.9 Å². The first-order chi connectivity index (χ1) is 12.7. The summed E-state index contributed by atoms with van der Waals surface area (Å²) >= 11 is 0. The van der Waals surface area contributed by atoms with Gasteiger partial charge in [-0.25, -0.2) is 4.39 Å². The highest BCUT2D eigenvalue weighted by molar-refractivity contribution is 5.76. The van der Waals surface area contributed by atoms with Gasteiger partial charge in [0.2, 0.25) is 5.91 Å². The molecule has 0 unspecified atom stereocenters. The Balaban J connectivity index is 1.65. The van der Waals surface area contributed by atoms with Crippen LogP contribution in [0.3, 0.4) is 0 Å². The molecule has 1 amide bonds. The summed E-state index contributed by atoms with van der Waals surface area (Å²) in [5.74, 6) is 0.736. The molecule has 4 heteroatoms. The number of halogens is 1. The Morgan fingerprint density at radius 2 is 1.85 bits per heavy atom. The van der Waals surface area contributed by atoms with E-state index in [9.17, 15) is 9.18 Å². The summed E-state index contributed by atoms with van der Waals surface area (Å²) in [7, 11) is 0.